The van der Waals surface area contributed by atoms with E-state index in [0.29, 0.717) is 6.61 Å². The second kappa shape index (κ2) is 5.25. The number of nitrogens with zero attached hydrogens (tertiary/aromatic N) is 2. The Balaban J connectivity index is 1.90. The maximum absolute atomic E-state index is 5.58. The Morgan fingerprint density at radius 2 is 2.25 bits per heavy atom. The van der Waals surface area contributed by atoms with Gasteiger partial charge in [-0.3, -0.25) is 0 Å². The number of aryl methyl sites for hydroxylation is 1. The van der Waals surface area contributed by atoms with Gasteiger partial charge >= 0.3 is 0 Å². The van der Waals surface area contributed by atoms with E-state index in [1.54, 1.807) is 0 Å². The summed E-state index contributed by atoms with van der Waals surface area (Å²) in [5.74, 6) is 2.45. The molecule has 1 N–H and O–H groups in total. The summed E-state index contributed by atoms with van der Waals surface area (Å²) in [7, 11) is 0. The van der Waals surface area contributed by atoms with Crippen LogP contribution in [0.25, 0.3) is 0 Å². The van der Waals surface area contributed by atoms with Gasteiger partial charge in [0.25, 0.3) is 0 Å². The summed E-state index contributed by atoms with van der Waals surface area (Å²) in [6.07, 6.45) is 2.63. The standard InChI is InChI=1S/C12H19N3O/c1-3-13-11-6-9(2)14-12(15-11)8-16-7-10-4-5-10/h6,10H,3-5,7-8H2,1-2H3,(H,13,14,15). The van der Waals surface area contributed by atoms with E-state index in [2.05, 4.69) is 22.2 Å². The van der Waals surface area contributed by atoms with Gasteiger partial charge in [-0.15, -0.1) is 0 Å². The quantitative estimate of drug-likeness (QED) is 0.799. The van der Waals surface area contributed by atoms with Crippen molar-refractivity contribution in [2.75, 3.05) is 18.5 Å². The number of rotatable bonds is 6. The summed E-state index contributed by atoms with van der Waals surface area (Å²) >= 11 is 0. The highest BCUT2D eigenvalue weighted by Crippen LogP contribution is 2.28. The fourth-order valence-corrected chi connectivity index (χ4v) is 1.57. The largest absolute Gasteiger partial charge is 0.373 e. The minimum Gasteiger partial charge on any atom is -0.373 e. The maximum atomic E-state index is 5.58. The molecule has 0 bridgehead atoms. The first-order valence-corrected chi connectivity index (χ1v) is 5.94. The van der Waals surface area contributed by atoms with Crippen molar-refractivity contribution in [1.82, 2.24) is 9.97 Å². The van der Waals surface area contributed by atoms with E-state index in [0.717, 1.165) is 36.4 Å². The van der Waals surface area contributed by atoms with Crippen LogP contribution in [0.15, 0.2) is 6.07 Å². The normalized spacial score (nSPS) is 15.1. The molecule has 0 aromatic carbocycles. The number of hydrogen-bond donors (Lipinski definition) is 1. The van der Waals surface area contributed by atoms with Gasteiger partial charge in [-0.2, -0.15) is 0 Å². The molecule has 0 unspecified atom stereocenters. The van der Waals surface area contributed by atoms with Gasteiger partial charge in [0.15, 0.2) is 5.82 Å². The van der Waals surface area contributed by atoms with Crippen molar-refractivity contribution in [2.45, 2.75) is 33.3 Å². The first kappa shape index (κ1) is 11.3. The zero-order valence-electron chi connectivity index (χ0n) is 9.99. The van der Waals surface area contributed by atoms with Crippen LogP contribution in [0.1, 0.15) is 31.3 Å². The van der Waals surface area contributed by atoms with Crippen LogP contribution in [0, 0.1) is 12.8 Å². The third kappa shape index (κ3) is 3.45. The number of anilines is 1. The van der Waals surface area contributed by atoms with E-state index in [-0.39, 0.29) is 0 Å². The first-order valence-electron chi connectivity index (χ1n) is 5.94. The molecule has 0 amide bonds. The lowest BCUT2D eigenvalue weighted by Gasteiger charge is -2.07. The van der Waals surface area contributed by atoms with Gasteiger partial charge in [0, 0.05) is 24.9 Å². The Morgan fingerprint density at radius 1 is 1.44 bits per heavy atom. The highest BCUT2D eigenvalue weighted by Gasteiger charge is 2.21. The maximum Gasteiger partial charge on any atom is 0.156 e. The molecule has 1 fully saturated rings. The zero-order chi connectivity index (χ0) is 11.4. The van der Waals surface area contributed by atoms with Gasteiger partial charge in [-0.05, 0) is 32.6 Å². The Hall–Kier alpha value is -1.16. The van der Waals surface area contributed by atoms with Crippen LogP contribution in [-0.4, -0.2) is 23.1 Å². The predicted molar refractivity (Wildman–Crippen MR) is 63.3 cm³/mol. The summed E-state index contributed by atoms with van der Waals surface area (Å²) in [5.41, 5.74) is 0.982. The SMILES string of the molecule is CCNc1cc(C)nc(COCC2CC2)n1. The predicted octanol–water partition coefficient (Wildman–Crippen LogP) is 2.14. The lowest BCUT2D eigenvalue weighted by Crippen LogP contribution is -2.07. The zero-order valence-corrected chi connectivity index (χ0v) is 9.99. The van der Waals surface area contributed by atoms with Crippen LogP contribution in [0.3, 0.4) is 0 Å². The summed E-state index contributed by atoms with van der Waals surface area (Å²) in [5, 5.41) is 3.19. The molecule has 0 spiro atoms. The minimum atomic E-state index is 0.524. The Morgan fingerprint density at radius 3 is 2.94 bits per heavy atom. The average molecular weight is 221 g/mol. The molecule has 0 aliphatic heterocycles. The molecule has 1 aliphatic carbocycles. The average Bonchev–Trinajstić information content (AvgIpc) is 3.01. The molecular weight excluding hydrogens is 202 g/mol. The van der Waals surface area contributed by atoms with Crippen molar-refractivity contribution in [3.63, 3.8) is 0 Å². The molecule has 4 heteroatoms. The highest BCUT2D eigenvalue weighted by molar-refractivity contribution is 5.35. The van der Waals surface area contributed by atoms with Gasteiger partial charge in [0.2, 0.25) is 0 Å². The van der Waals surface area contributed by atoms with Crippen molar-refractivity contribution in [3.05, 3.63) is 17.6 Å². The second-order valence-electron chi connectivity index (χ2n) is 4.30. The van der Waals surface area contributed by atoms with Crippen molar-refractivity contribution < 1.29 is 4.74 Å². The third-order valence-corrected chi connectivity index (χ3v) is 2.54. The fourth-order valence-electron chi connectivity index (χ4n) is 1.57. The second-order valence-corrected chi connectivity index (χ2v) is 4.30. The fraction of sp³-hybridized carbons (Fsp3) is 0.667. The molecule has 16 heavy (non-hydrogen) atoms. The lowest BCUT2D eigenvalue weighted by atomic mass is 10.4. The summed E-state index contributed by atoms with van der Waals surface area (Å²) in [6, 6.07) is 1.95. The van der Waals surface area contributed by atoms with Crippen LogP contribution in [0.4, 0.5) is 5.82 Å². The molecule has 1 aromatic rings. The van der Waals surface area contributed by atoms with Crippen molar-refractivity contribution >= 4 is 5.82 Å². The smallest absolute Gasteiger partial charge is 0.156 e. The number of ether oxygens (including phenoxy) is 1. The summed E-state index contributed by atoms with van der Waals surface area (Å²) < 4.78 is 5.58. The van der Waals surface area contributed by atoms with Crippen LogP contribution in [0.2, 0.25) is 0 Å². The number of nitrogens with one attached hydrogen (secondary N) is 1. The van der Waals surface area contributed by atoms with Crippen LogP contribution >= 0.6 is 0 Å². The number of aromatic nitrogens is 2. The van der Waals surface area contributed by atoms with E-state index in [1.807, 2.05) is 13.0 Å². The van der Waals surface area contributed by atoms with E-state index in [1.165, 1.54) is 12.8 Å². The minimum absolute atomic E-state index is 0.524. The van der Waals surface area contributed by atoms with Crippen molar-refractivity contribution in [2.24, 2.45) is 5.92 Å². The molecule has 1 saturated carbocycles. The van der Waals surface area contributed by atoms with Crippen LogP contribution < -0.4 is 5.32 Å². The third-order valence-electron chi connectivity index (χ3n) is 2.54. The summed E-state index contributed by atoms with van der Waals surface area (Å²) in [6.45, 7) is 6.29. The van der Waals surface area contributed by atoms with E-state index < -0.39 is 0 Å². The number of hydrogen-bond acceptors (Lipinski definition) is 4. The molecule has 1 aliphatic rings. The lowest BCUT2D eigenvalue weighted by molar-refractivity contribution is 0.106. The first-order chi connectivity index (χ1) is 7.78. The molecule has 1 heterocycles. The molecular formula is C12H19N3O. The van der Waals surface area contributed by atoms with Crippen molar-refractivity contribution in [3.8, 4) is 0 Å². The van der Waals surface area contributed by atoms with Gasteiger partial charge < -0.3 is 10.1 Å². The molecule has 88 valence electrons. The Kier molecular flexibility index (Phi) is 3.72. The molecule has 2 rings (SSSR count). The van der Waals surface area contributed by atoms with Crippen LogP contribution in [0.5, 0.6) is 0 Å². The molecule has 0 radical (unpaired) electrons. The topological polar surface area (TPSA) is 47.0 Å². The van der Waals surface area contributed by atoms with E-state index in [9.17, 15) is 0 Å². The van der Waals surface area contributed by atoms with Gasteiger partial charge in [0.05, 0.1) is 0 Å². The highest BCUT2D eigenvalue weighted by atomic mass is 16.5. The molecule has 4 nitrogen and oxygen atoms in total. The van der Waals surface area contributed by atoms with Crippen molar-refractivity contribution in [1.29, 1.82) is 0 Å². The van der Waals surface area contributed by atoms with Gasteiger partial charge in [-0.25, -0.2) is 9.97 Å². The monoisotopic (exact) mass is 221 g/mol. The Labute approximate surface area is 96.4 Å². The van der Waals surface area contributed by atoms with Crippen LogP contribution in [-0.2, 0) is 11.3 Å². The summed E-state index contributed by atoms with van der Waals surface area (Å²) in [4.78, 5) is 8.75. The molecule has 0 saturated heterocycles. The van der Waals surface area contributed by atoms with Gasteiger partial charge in [-0.1, -0.05) is 0 Å². The Bertz CT molecular complexity index is 350. The van der Waals surface area contributed by atoms with Gasteiger partial charge in [0.1, 0.15) is 12.4 Å². The molecule has 0 atom stereocenters. The van der Waals surface area contributed by atoms with E-state index in [4.69, 9.17) is 4.74 Å². The van der Waals surface area contributed by atoms with E-state index >= 15 is 0 Å². The molecule has 1 aromatic heterocycles.